The van der Waals surface area contributed by atoms with Crippen LogP contribution in [-0.2, 0) is 14.3 Å². The molecule has 0 fully saturated rings. The van der Waals surface area contributed by atoms with Gasteiger partial charge in [-0.1, -0.05) is 18.2 Å². The Labute approximate surface area is 187 Å². The Morgan fingerprint density at radius 1 is 0.844 bits per heavy atom. The van der Waals surface area contributed by atoms with Crippen LogP contribution in [0.4, 0.5) is 5.69 Å². The minimum atomic E-state index is -0.422. The molecule has 0 saturated carbocycles. The zero-order chi connectivity index (χ0) is 23.4. The molecule has 170 valence electrons. The summed E-state index contributed by atoms with van der Waals surface area (Å²) < 4.78 is 21.3. The minimum Gasteiger partial charge on any atom is -0.493 e. The number of carbonyl (C=O) groups excluding carboxylic acids is 2. The molecule has 0 atom stereocenters. The quantitative estimate of drug-likeness (QED) is 0.600. The first-order chi connectivity index (χ1) is 15.4. The zero-order valence-electron chi connectivity index (χ0n) is 19.2. The number of aryl methyl sites for hydroxylation is 2. The van der Waals surface area contributed by atoms with E-state index in [2.05, 4.69) is 5.32 Å². The highest BCUT2D eigenvalue weighted by Gasteiger charge is 2.39. The van der Waals surface area contributed by atoms with Gasteiger partial charge in [-0.05, 0) is 30.5 Å². The number of imide groups is 1. The lowest BCUT2D eigenvalue weighted by Gasteiger charge is -2.16. The van der Waals surface area contributed by atoms with E-state index >= 15 is 0 Å². The summed E-state index contributed by atoms with van der Waals surface area (Å²) in [5, 5.41) is 3.12. The molecule has 0 aromatic heterocycles. The molecule has 0 aliphatic carbocycles. The third kappa shape index (κ3) is 4.27. The largest absolute Gasteiger partial charge is 0.493 e. The third-order valence-corrected chi connectivity index (χ3v) is 5.42. The van der Waals surface area contributed by atoms with Gasteiger partial charge in [0.05, 0.1) is 40.1 Å². The van der Waals surface area contributed by atoms with Crippen LogP contribution < -0.4 is 19.5 Å². The lowest BCUT2D eigenvalue weighted by atomic mass is 9.99. The highest BCUT2D eigenvalue weighted by Crippen LogP contribution is 2.41. The van der Waals surface area contributed by atoms with Crippen LogP contribution in [0.2, 0.25) is 0 Å². The molecule has 0 saturated heterocycles. The Bertz CT molecular complexity index is 1050. The highest BCUT2D eigenvalue weighted by atomic mass is 16.5. The predicted octanol–water partition coefficient (Wildman–Crippen LogP) is 3.17. The van der Waals surface area contributed by atoms with Gasteiger partial charge >= 0.3 is 0 Å². The lowest BCUT2D eigenvalue weighted by Crippen LogP contribution is -2.35. The van der Waals surface area contributed by atoms with Crippen LogP contribution in [0.15, 0.2) is 36.0 Å². The number of anilines is 1. The van der Waals surface area contributed by atoms with Gasteiger partial charge in [-0.15, -0.1) is 0 Å². The van der Waals surface area contributed by atoms with Crippen molar-refractivity contribution in [2.24, 2.45) is 0 Å². The number of hydrogen-bond acceptors (Lipinski definition) is 7. The van der Waals surface area contributed by atoms with E-state index in [9.17, 15) is 9.59 Å². The molecule has 8 nitrogen and oxygen atoms in total. The fourth-order valence-corrected chi connectivity index (χ4v) is 3.54. The molecule has 32 heavy (non-hydrogen) atoms. The summed E-state index contributed by atoms with van der Waals surface area (Å²) in [6, 6.07) is 9.06. The minimum absolute atomic E-state index is 0.156. The van der Waals surface area contributed by atoms with Crippen LogP contribution in [0, 0.1) is 13.8 Å². The lowest BCUT2D eigenvalue weighted by molar-refractivity contribution is -0.137. The Kier molecular flexibility index (Phi) is 7.05. The number of methoxy groups -OCH3 is 4. The van der Waals surface area contributed by atoms with Gasteiger partial charge in [0, 0.05) is 24.9 Å². The molecule has 1 heterocycles. The van der Waals surface area contributed by atoms with Crippen molar-refractivity contribution in [1.29, 1.82) is 0 Å². The average molecular weight is 440 g/mol. The van der Waals surface area contributed by atoms with E-state index in [4.69, 9.17) is 18.9 Å². The Morgan fingerprint density at radius 2 is 1.50 bits per heavy atom. The van der Waals surface area contributed by atoms with Crippen LogP contribution >= 0.6 is 0 Å². The Hall–Kier alpha value is -3.52. The molecule has 2 aromatic carbocycles. The normalized spacial score (nSPS) is 13.6. The molecule has 2 amide bonds. The summed E-state index contributed by atoms with van der Waals surface area (Å²) in [7, 11) is 6.06. The van der Waals surface area contributed by atoms with E-state index in [-0.39, 0.29) is 24.8 Å². The molecule has 8 heteroatoms. The summed E-state index contributed by atoms with van der Waals surface area (Å²) in [6.45, 7) is 4.36. The number of amides is 2. The van der Waals surface area contributed by atoms with Crippen molar-refractivity contribution >= 4 is 23.1 Å². The molecule has 1 N–H and O–H groups in total. The van der Waals surface area contributed by atoms with Gasteiger partial charge in [-0.25, -0.2) is 0 Å². The van der Waals surface area contributed by atoms with Gasteiger partial charge < -0.3 is 24.3 Å². The van der Waals surface area contributed by atoms with Crippen molar-refractivity contribution in [3.05, 3.63) is 52.7 Å². The third-order valence-electron chi connectivity index (χ3n) is 5.42. The van der Waals surface area contributed by atoms with Crippen LogP contribution in [0.1, 0.15) is 16.7 Å². The average Bonchev–Trinajstić information content (AvgIpc) is 3.02. The predicted molar refractivity (Wildman–Crippen MR) is 121 cm³/mol. The molecule has 0 bridgehead atoms. The van der Waals surface area contributed by atoms with Crippen molar-refractivity contribution < 1.29 is 28.5 Å². The molecular weight excluding hydrogens is 412 g/mol. The summed E-state index contributed by atoms with van der Waals surface area (Å²) in [5.74, 6) is 0.491. The molecule has 0 unspecified atom stereocenters. The number of carbonyl (C=O) groups is 2. The van der Waals surface area contributed by atoms with Gasteiger partial charge in [-0.2, -0.15) is 0 Å². The molecule has 1 aliphatic heterocycles. The zero-order valence-corrected chi connectivity index (χ0v) is 19.2. The Balaban J connectivity index is 2.12. The van der Waals surface area contributed by atoms with Gasteiger partial charge in [-0.3, -0.25) is 14.5 Å². The van der Waals surface area contributed by atoms with Gasteiger partial charge in [0.2, 0.25) is 5.75 Å². The molecule has 0 spiro atoms. The first kappa shape index (κ1) is 23.1. The molecule has 3 rings (SSSR count). The topological polar surface area (TPSA) is 86.3 Å². The second-order valence-corrected chi connectivity index (χ2v) is 7.34. The first-order valence-electron chi connectivity index (χ1n) is 10.1. The highest BCUT2D eigenvalue weighted by molar-refractivity contribution is 6.36. The maximum Gasteiger partial charge on any atom is 0.278 e. The van der Waals surface area contributed by atoms with E-state index in [1.807, 2.05) is 32.0 Å². The summed E-state index contributed by atoms with van der Waals surface area (Å²) in [4.78, 5) is 27.7. The standard InChI is InChI=1S/C24H28N2O6/c1-14-7-8-16(11-15(14)2)20-21(24(28)26(23(20)27)9-10-29-3)25-17-12-18(30-4)22(32-6)19(13-17)31-5/h7-8,11-13,25H,9-10H2,1-6H3. The maximum absolute atomic E-state index is 13.2. The molecule has 0 radical (unpaired) electrons. The number of benzene rings is 2. The summed E-state index contributed by atoms with van der Waals surface area (Å²) >= 11 is 0. The number of hydrogen-bond donors (Lipinski definition) is 1. The molecule has 1 aliphatic rings. The monoisotopic (exact) mass is 440 g/mol. The van der Waals surface area contributed by atoms with E-state index < -0.39 is 5.91 Å². The van der Waals surface area contributed by atoms with Crippen LogP contribution in [0.25, 0.3) is 5.57 Å². The first-order valence-corrected chi connectivity index (χ1v) is 10.1. The fraction of sp³-hybridized carbons (Fsp3) is 0.333. The molecule has 2 aromatic rings. The fourth-order valence-electron chi connectivity index (χ4n) is 3.54. The summed E-state index contributed by atoms with van der Waals surface area (Å²) in [5.41, 5.74) is 3.80. The number of ether oxygens (including phenoxy) is 4. The summed E-state index contributed by atoms with van der Waals surface area (Å²) in [6.07, 6.45) is 0. The van der Waals surface area contributed by atoms with Crippen molar-refractivity contribution in [3.8, 4) is 17.2 Å². The van der Waals surface area contributed by atoms with Crippen LogP contribution in [0.5, 0.6) is 17.2 Å². The second-order valence-electron chi connectivity index (χ2n) is 7.34. The Morgan fingerprint density at radius 3 is 2.03 bits per heavy atom. The number of rotatable bonds is 9. The van der Waals surface area contributed by atoms with Gasteiger partial charge in [0.25, 0.3) is 11.8 Å². The maximum atomic E-state index is 13.2. The van der Waals surface area contributed by atoms with E-state index in [1.54, 1.807) is 12.1 Å². The smallest absolute Gasteiger partial charge is 0.278 e. The van der Waals surface area contributed by atoms with Crippen molar-refractivity contribution in [2.45, 2.75) is 13.8 Å². The van der Waals surface area contributed by atoms with Crippen molar-refractivity contribution in [1.82, 2.24) is 4.90 Å². The number of nitrogens with one attached hydrogen (secondary N) is 1. The van der Waals surface area contributed by atoms with Gasteiger partial charge in [0.1, 0.15) is 5.70 Å². The van der Waals surface area contributed by atoms with Gasteiger partial charge in [0.15, 0.2) is 11.5 Å². The van der Waals surface area contributed by atoms with Crippen LogP contribution in [0.3, 0.4) is 0 Å². The van der Waals surface area contributed by atoms with E-state index in [0.29, 0.717) is 34.1 Å². The van der Waals surface area contributed by atoms with Crippen molar-refractivity contribution in [3.63, 3.8) is 0 Å². The number of nitrogens with zero attached hydrogens (tertiary/aromatic N) is 1. The van der Waals surface area contributed by atoms with Crippen molar-refractivity contribution in [2.75, 3.05) is 46.9 Å². The van der Waals surface area contributed by atoms with E-state index in [1.165, 1.54) is 33.3 Å². The second kappa shape index (κ2) is 9.74. The van der Waals surface area contributed by atoms with E-state index in [0.717, 1.165) is 11.1 Å². The SMILES string of the molecule is COCCN1C(=O)C(Nc2cc(OC)c(OC)c(OC)c2)=C(c2ccc(C)c(C)c2)C1=O. The molecular formula is C24H28N2O6. The van der Waals surface area contributed by atoms with Crippen LogP contribution in [-0.4, -0.2) is 58.3 Å².